The minimum atomic E-state index is 0.282. The van der Waals surface area contributed by atoms with E-state index in [-0.39, 0.29) is 5.54 Å². The topological polar surface area (TPSA) is 12.0 Å². The second-order valence-corrected chi connectivity index (χ2v) is 8.90. The molecular weight excluding hydrogens is 230 g/mol. The number of rotatable bonds is 4. The van der Waals surface area contributed by atoms with Crippen LogP contribution in [0, 0.1) is 23.2 Å². The zero-order valence-corrected chi connectivity index (χ0v) is 13.3. The van der Waals surface area contributed by atoms with Crippen molar-refractivity contribution in [3.8, 4) is 0 Å². The van der Waals surface area contributed by atoms with Crippen LogP contribution >= 0.6 is 0 Å². The standard InChI is InChI=1S/C18H33N/c1-17(2,3)19-13-18(11-14-6-4-5-7-14)12-15-8-9-16(18)10-15/h14-16,19H,4-13H2,1-3H3. The first-order chi connectivity index (χ1) is 8.97. The van der Waals surface area contributed by atoms with E-state index in [4.69, 9.17) is 0 Å². The van der Waals surface area contributed by atoms with Crippen molar-refractivity contribution in [1.82, 2.24) is 5.32 Å². The molecular formula is C18H33N. The molecule has 0 aromatic rings. The van der Waals surface area contributed by atoms with Crippen molar-refractivity contribution in [2.24, 2.45) is 23.2 Å². The normalized spacial score (nSPS) is 39.3. The maximum absolute atomic E-state index is 3.86. The van der Waals surface area contributed by atoms with Crippen LogP contribution in [0.4, 0.5) is 0 Å². The summed E-state index contributed by atoms with van der Waals surface area (Å²) >= 11 is 0. The fraction of sp³-hybridized carbons (Fsp3) is 1.00. The summed E-state index contributed by atoms with van der Waals surface area (Å²) in [6, 6.07) is 0. The maximum Gasteiger partial charge on any atom is 0.00967 e. The third-order valence-electron chi connectivity index (χ3n) is 6.24. The molecule has 0 spiro atoms. The Morgan fingerprint density at radius 3 is 2.32 bits per heavy atom. The molecule has 3 unspecified atom stereocenters. The quantitative estimate of drug-likeness (QED) is 0.771. The van der Waals surface area contributed by atoms with Crippen molar-refractivity contribution in [3.63, 3.8) is 0 Å². The van der Waals surface area contributed by atoms with Crippen molar-refractivity contribution >= 4 is 0 Å². The van der Waals surface area contributed by atoms with E-state index < -0.39 is 0 Å². The predicted octanol–water partition coefficient (Wildman–Crippen LogP) is 4.76. The summed E-state index contributed by atoms with van der Waals surface area (Å²) in [7, 11) is 0. The summed E-state index contributed by atoms with van der Waals surface area (Å²) < 4.78 is 0. The molecule has 0 heterocycles. The molecule has 2 bridgehead atoms. The van der Waals surface area contributed by atoms with Crippen LogP contribution < -0.4 is 5.32 Å². The van der Waals surface area contributed by atoms with Crippen molar-refractivity contribution in [3.05, 3.63) is 0 Å². The molecule has 3 aliphatic carbocycles. The van der Waals surface area contributed by atoms with E-state index in [1.54, 1.807) is 6.42 Å². The molecule has 0 aromatic heterocycles. The van der Waals surface area contributed by atoms with Crippen molar-refractivity contribution in [2.45, 2.75) is 84.1 Å². The SMILES string of the molecule is CC(C)(C)NCC1(CC2CCCC2)CC2CCC1C2. The lowest BCUT2D eigenvalue weighted by Crippen LogP contribution is -2.46. The third kappa shape index (κ3) is 3.01. The van der Waals surface area contributed by atoms with Crippen LogP contribution in [0.5, 0.6) is 0 Å². The number of nitrogens with one attached hydrogen (secondary N) is 1. The highest BCUT2D eigenvalue weighted by atomic mass is 15.0. The van der Waals surface area contributed by atoms with E-state index in [2.05, 4.69) is 26.1 Å². The van der Waals surface area contributed by atoms with Crippen molar-refractivity contribution in [1.29, 1.82) is 0 Å². The molecule has 3 rings (SSSR count). The van der Waals surface area contributed by atoms with Gasteiger partial charge in [0.1, 0.15) is 0 Å². The molecule has 3 fully saturated rings. The summed E-state index contributed by atoms with van der Waals surface area (Å²) in [5.41, 5.74) is 0.954. The Morgan fingerprint density at radius 2 is 1.79 bits per heavy atom. The van der Waals surface area contributed by atoms with Gasteiger partial charge in [0.15, 0.2) is 0 Å². The summed E-state index contributed by atoms with van der Waals surface area (Å²) in [5, 5.41) is 3.86. The van der Waals surface area contributed by atoms with Gasteiger partial charge in [0, 0.05) is 12.1 Å². The zero-order chi connectivity index (χ0) is 13.5. The highest BCUT2D eigenvalue weighted by molar-refractivity contribution is 5.03. The highest BCUT2D eigenvalue weighted by Gasteiger charge is 2.51. The van der Waals surface area contributed by atoms with Gasteiger partial charge in [-0.25, -0.2) is 0 Å². The second-order valence-electron chi connectivity index (χ2n) is 8.90. The van der Waals surface area contributed by atoms with Gasteiger partial charge in [-0.1, -0.05) is 32.1 Å². The van der Waals surface area contributed by atoms with Gasteiger partial charge >= 0.3 is 0 Å². The van der Waals surface area contributed by atoms with Crippen LogP contribution in [0.3, 0.4) is 0 Å². The van der Waals surface area contributed by atoms with E-state index in [0.29, 0.717) is 5.41 Å². The molecule has 1 N–H and O–H groups in total. The molecule has 0 aromatic carbocycles. The van der Waals surface area contributed by atoms with Gasteiger partial charge in [-0.2, -0.15) is 0 Å². The summed E-state index contributed by atoms with van der Waals surface area (Å²) in [4.78, 5) is 0. The second kappa shape index (κ2) is 5.06. The van der Waals surface area contributed by atoms with Gasteiger partial charge in [0.05, 0.1) is 0 Å². The smallest absolute Gasteiger partial charge is 0.00967 e. The molecule has 110 valence electrons. The Kier molecular flexibility index (Phi) is 3.71. The Bertz CT molecular complexity index is 310. The number of hydrogen-bond acceptors (Lipinski definition) is 1. The third-order valence-corrected chi connectivity index (χ3v) is 6.24. The van der Waals surface area contributed by atoms with Gasteiger partial charge in [-0.05, 0) is 69.6 Å². The average Bonchev–Trinajstić information content (AvgIpc) is 3.01. The fourth-order valence-electron chi connectivity index (χ4n) is 5.33. The van der Waals surface area contributed by atoms with Gasteiger partial charge in [0.2, 0.25) is 0 Å². The molecule has 3 atom stereocenters. The minimum Gasteiger partial charge on any atom is -0.312 e. The lowest BCUT2D eigenvalue weighted by atomic mass is 9.67. The minimum absolute atomic E-state index is 0.282. The van der Waals surface area contributed by atoms with Gasteiger partial charge in [-0.15, -0.1) is 0 Å². The summed E-state index contributed by atoms with van der Waals surface area (Å²) in [6.45, 7) is 8.25. The van der Waals surface area contributed by atoms with Crippen LogP contribution in [-0.2, 0) is 0 Å². The first kappa shape index (κ1) is 13.9. The highest BCUT2D eigenvalue weighted by Crippen LogP contribution is 2.59. The van der Waals surface area contributed by atoms with Gasteiger partial charge in [-0.3, -0.25) is 0 Å². The first-order valence-corrected chi connectivity index (χ1v) is 8.72. The molecule has 0 amide bonds. The molecule has 3 aliphatic rings. The van der Waals surface area contributed by atoms with Crippen LogP contribution in [0.1, 0.15) is 78.6 Å². The number of hydrogen-bond donors (Lipinski definition) is 1. The molecule has 0 aliphatic heterocycles. The van der Waals surface area contributed by atoms with E-state index >= 15 is 0 Å². The predicted molar refractivity (Wildman–Crippen MR) is 82.2 cm³/mol. The van der Waals surface area contributed by atoms with E-state index in [0.717, 1.165) is 17.8 Å². The van der Waals surface area contributed by atoms with Crippen LogP contribution in [0.25, 0.3) is 0 Å². The lowest BCUT2D eigenvalue weighted by molar-refractivity contribution is 0.106. The van der Waals surface area contributed by atoms with Crippen LogP contribution in [0.2, 0.25) is 0 Å². The van der Waals surface area contributed by atoms with Gasteiger partial charge in [0.25, 0.3) is 0 Å². The lowest BCUT2D eigenvalue weighted by Gasteiger charge is -2.42. The number of fused-ring (bicyclic) bond motifs is 2. The van der Waals surface area contributed by atoms with E-state index in [9.17, 15) is 0 Å². The Hall–Kier alpha value is -0.0400. The van der Waals surface area contributed by atoms with Crippen molar-refractivity contribution in [2.75, 3.05) is 6.54 Å². The van der Waals surface area contributed by atoms with Crippen LogP contribution in [0.15, 0.2) is 0 Å². The van der Waals surface area contributed by atoms with Crippen molar-refractivity contribution < 1.29 is 0 Å². The average molecular weight is 263 g/mol. The molecule has 1 heteroatoms. The molecule has 19 heavy (non-hydrogen) atoms. The Labute approximate surface area is 119 Å². The first-order valence-electron chi connectivity index (χ1n) is 8.72. The molecule has 1 nitrogen and oxygen atoms in total. The fourth-order valence-corrected chi connectivity index (χ4v) is 5.33. The Balaban J connectivity index is 1.68. The Morgan fingerprint density at radius 1 is 1.05 bits per heavy atom. The largest absolute Gasteiger partial charge is 0.312 e. The van der Waals surface area contributed by atoms with Gasteiger partial charge < -0.3 is 5.32 Å². The maximum atomic E-state index is 3.86. The summed E-state index contributed by atoms with van der Waals surface area (Å²) in [6.07, 6.45) is 13.7. The van der Waals surface area contributed by atoms with Crippen LogP contribution in [-0.4, -0.2) is 12.1 Å². The van der Waals surface area contributed by atoms with E-state index in [1.807, 2.05) is 0 Å². The molecule has 3 saturated carbocycles. The molecule has 0 radical (unpaired) electrons. The van der Waals surface area contributed by atoms with E-state index in [1.165, 1.54) is 57.9 Å². The molecule has 0 saturated heterocycles. The monoisotopic (exact) mass is 263 g/mol. The zero-order valence-electron chi connectivity index (χ0n) is 13.3. The summed E-state index contributed by atoms with van der Waals surface area (Å²) in [5.74, 6) is 3.18.